The van der Waals surface area contributed by atoms with Crippen LogP contribution in [0.2, 0.25) is 0 Å². The molecule has 0 bridgehead atoms. The number of thiophene rings is 1. The van der Waals surface area contributed by atoms with Gasteiger partial charge in [0.25, 0.3) is 5.56 Å². The fourth-order valence-corrected chi connectivity index (χ4v) is 5.72. The number of aromatic nitrogens is 2. The fraction of sp³-hybridized carbons (Fsp3) is 0.174. The SMILES string of the molecule is CCOC(=O)C1=C(C)N=c2s/c(=C\c3c[nH]c4ccccc34)c(=O)n2[C@@H]1c1cccs1. The number of para-hydroxylation sites is 1. The van der Waals surface area contributed by atoms with Crippen LogP contribution < -0.4 is 14.9 Å². The summed E-state index contributed by atoms with van der Waals surface area (Å²) < 4.78 is 7.49. The van der Waals surface area contributed by atoms with Gasteiger partial charge in [-0.05, 0) is 37.4 Å². The molecule has 156 valence electrons. The third-order valence-electron chi connectivity index (χ3n) is 5.24. The molecule has 0 saturated carbocycles. The zero-order chi connectivity index (χ0) is 21.5. The van der Waals surface area contributed by atoms with Crippen molar-refractivity contribution in [2.24, 2.45) is 4.99 Å². The Morgan fingerprint density at radius 3 is 2.90 bits per heavy atom. The Morgan fingerprint density at radius 2 is 2.13 bits per heavy atom. The number of benzene rings is 1. The summed E-state index contributed by atoms with van der Waals surface area (Å²) in [5, 5.41) is 2.99. The summed E-state index contributed by atoms with van der Waals surface area (Å²) in [6.45, 7) is 3.83. The quantitative estimate of drug-likeness (QED) is 0.486. The Balaban J connectivity index is 1.73. The number of hydrogen-bond acceptors (Lipinski definition) is 6. The molecule has 31 heavy (non-hydrogen) atoms. The maximum atomic E-state index is 13.5. The minimum absolute atomic E-state index is 0.165. The highest BCUT2D eigenvalue weighted by Gasteiger charge is 2.33. The van der Waals surface area contributed by atoms with Crippen molar-refractivity contribution >= 4 is 45.6 Å². The van der Waals surface area contributed by atoms with Gasteiger partial charge in [0, 0.05) is 27.5 Å². The molecule has 1 aliphatic heterocycles. The van der Waals surface area contributed by atoms with E-state index < -0.39 is 12.0 Å². The summed E-state index contributed by atoms with van der Waals surface area (Å²) in [6.07, 6.45) is 3.78. The molecular formula is C23H19N3O3S2. The van der Waals surface area contributed by atoms with Gasteiger partial charge in [-0.25, -0.2) is 9.79 Å². The first-order valence-corrected chi connectivity index (χ1v) is 11.6. The van der Waals surface area contributed by atoms with Gasteiger partial charge in [-0.3, -0.25) is 9.36 Å². The van der Waals surface area contributed by atoms with E-state index in [0.29, 0.717) is 20.6 Å². The monoisotopic (exact) mass is 449 g/mol. The highest BCUT2D eigenvalue weighted by Crippen LogP contribution is 2.33. The number of ether oxygens (including phenoxy) is 1. The lowest BCUT2D eigenvalue weighted by atomic mass is 10.0. The van der Waals surface area contributed by atoms with Gasteiger partial charge in [0.15, 0.2) is 4.80 Å². The van der Waals surface area contributed by atoms with E-state index in [2.05, 4.69) is 9.98 Å². The Bertz CT molecular complexity index is 1500. The number of H-pyrrole nitrogens is 1. The summed E-state index contributed by atoms with van der Waals surface area (Å²) in [7, 11) is 0. The second-order valence-electron chi connectivity index (χ2n) is 7.11. The average molecular weight is 450 g/mol. The molecule has 0 aliphatic carbocycles. The van der Waals surface area contributed by atoms with E-state index in [-0.39, 0.29) is 12.2 Å². The minimum atomic E-state index is -0.541. The number of nitrogens with zero attached hydrogens (tertiary/aromatic N) is 2. The van der Waals surface area contributed by atoms with Crippen molar-refractivity contribution in [2.45, 2.75) is 19.9 Å². The van der Waals surface area contributed by atoms with Crippen molar-refractivity contribution in [1.29, 1.82) is 0 Å². The largest absolute Gasteiger partial charge is 0.463 e. The van der Waals surface area contributed by atoms with Gasteiger partial charge >= 0.3 is 5.97 Å². The second kappa shape index (κ2) is 7.79. The number of esters is 1. The molecule has 0 amide bonds. The maximum Gasteiger partial charge on any atom is 0.338 e. The van der Waals surface area contributed by atoms with Crippen LogP contribution in [0.25, 0.3) is 17.0 Å². The van der Waals surface area contributed by atoms with Crippen LogP contribution in [0, 0.1) is 0 Å². The summed E-state index contributed by atoms with van der Waals surface area (Å²) in [5.41, 5.74) is 2.78. The first kappa shape index (κ1) is 19.7. The molecule has 6 nitrogen and oxygen atoms in total. The fourth-order valence-electron chi connectivity index (χ4n) is 3.86. The van der Waals surface area contributed by atoms with Gasteiger partial charge in [0.05, 0.1) is 22.4 Å². The van der Waals surface area contributed by atoms with Crippen LogP contribution in [0.1, 0.15) is 30.3 Å². The number of rotatable bonds is 4. The molecule has 0 spiro atoms. The van der Waals surface area contributed by atoms with Crippen molar-refractivity contribution in [3.8, 4) is 0 Å². The zero-order valence-corrected chi connectivity index (χ0v) is 18.5. The minimum Gasteiger partial charge on any atom is -0.463 e. The van der Waals surface area contributed by atoms with Crippen LogP contribution in [0.15, 0.2) is 69.0 Å². The topological polar surface area (TPSA) is 76.4 Å². The van der Waals surface area contributed by atoms with E-state index in [1.165, 1.54) is 22.7 Å². The van der Waals surface area contributed by atoms with E-state index in [1.54, 1.807) is 18.4 Å². The predicted octanol–water partition coefficient (Wildman–Crippen LogP) is 3.34. The molecule has 1 aliphatic rings. The third kappa shape index (κ3) is 3.28. The highest BCUT2D eigenvalue weighted by molar-refractivity contribution is 7.10. The summed E-state index contributed by atoms with van der Waals surface area (Å²) >= 11 is 2.84. The summed E-state index contributed by atoms with van der Waals surface area (Å²) in [5.74, 6) is -0.437. The van der Waals surface area contributed by atoms with Crippen molar-refractivity contribution < 1.29 is 9.53 Å². The van der Waals surface area contributed by atoms with Crippen molar-refractivity contribution in [1.82, 2.24) is 9.55 Å². The number of fused-ring (bicyclic) bond motifs is 2. The molecule has 3 aromatic heterocycles. The van der Waals surface area contributed by atoms with Crippen molar-refractivity contribution in [2.75, 3.05) is 6.61 Å². The van der Waals surface area contributed by atoms with Crippen LogP contribution in [0.3, 0.4) is 0 Å². The Hall–Kier alpha value is -3.23. The molecule has 1 atom stereocenters. The smallest absolute Gasteiger partial charge is 0.338 e. The normalized spacial score (nSPS) is 16.5. The number of hydrogen-bond donors (Lipinski definition) is 1. The molecule has 1 N–H and O–H groups in total. The number of allylic oxidation sites excluding steroid dienone is 1. The Labute approximate surface area is 185 Å². The van der Waals surface area contributed by atoms with Crippen molar-refractivity contribution in [3.63, 3.8) is 0 Å². The Kier molecular flexibility index (Phi) is 4.95. The molecule has 1 aromatic carbocycles. The summed E-state index contributed by atoms with van der Waals surface area (Å²) in [4.78, 5) is 35.6. The molecule has 4 heterocycles. The van der Waals surface area contributed by atoms with Crippen molar-refractivity contribution in [3.05, 3.63) is 89.4 Å². The lowest BCUT2D eigenvalue weighted by Crippen LogP contribution is -2.39. The molecule has 5 rings (SSSR count). The lowest BCUT2D eigenvalue weighted by molar-refractivity contribution is -0.139. The zero-order valence-electron chi connectivity index (χ0n) is 16.9. The van der Waals surface area contributed by atoms with Crippen LogP contribution in [0.5, 0.6) is 0 Å². The van der Waals surface area contributed by atoms with Gasteiger partial charge in [-0.2, -0.15) is 0 Å². The van der Waals surface area contributed by atoms with Gasteiger partial charge in [0.1, 0.15) is 6.04 Å². The predicted molar refractivity (Wildman–Crippen MR) is 123 cm³/mol. The Morgan fingerprint density at radius 1 is 1.29 bits per heavy atom. The maximum absolute atomic E-state index is 13.5. The highest BCUT2D eigenvalue weighted by atomic mass is 32.1. The molecule has 0 unspecified atom stereocenters. The van der Waals surface area contributed by atoms with Crippen LogP contribution >= 0.6 is 22.7 Å². The second-order valence-corrected chi connectivity index (χ2v) is 9.10. The van der Waals surface area contributed by atoms with E-state index in [4.69, 9.17) is 4.74 Å². The molecule has 0 saturated heterocycles. The molecule has 0 fully saturated rings. The standard InChI is InChI=1S/C23H19N3O3S2/c1-3-29-22(28)19-13(2)25-23-26(20(19)17-9-6-10-30-17)21(27)18(31-23)11-14-12-24-16-8-5-4-7-15(14)16/h4-12,20,24H,3H2,1-2H3/b18-11-/t20-/m1/s1. The third-order valence-corrected chi connectivity index (χ3v) is 7.15. The van der Waals surface area contributed by atoms with E-state index in [9.17, 15) is 9.59 Å². The van der Waals surface area contributed by atoms with Gasteiger partial charge in [-0.15, -0.1) is 11.3 Å². The molecule has 0 radical (unpaired) electrons. The number of carbonyl (C=O) groups excluding carboxylic acids is 1. The lowest BCUT2D eigenvalue weighted by Gasteiger charge is -2.23. The van der Waals surface area contributed by atoms with Crippen LogP contribution in [-0.4, -0.2) is 22.1 Å². The first-order valence-electron chi connectivity index (χ1n) is 9.87. The molecular weight excluding hydrogens is 430 g/mol. The van der Waals surface area contributed by atoms with Gasteiger partial charge < -0.3 is 9.72 Å². The molecule has 8 heteroatoms. The van der Waals surface area contributed by atoms with E-state index in [0.717, 1.165) is 21.3 Å². The van der Waals surface area contributed by atoms with Gasteiger partial charge in [0.2, 0.25) is 0 Å². The number of carbonyl (C=O) groups is 1. The van der Waals surface area contributed by atoms with E-state index in [1.807, 2.05) is 54.1 Å². The number of aromatic amines is 1. The van der Waals surface area contributed by atoms with Gasteiger partial charge in [-0.1, -0.05) is 35.6 Å². The number of thiazole rings is 1. The molecule has 4 aromatic rings. The summed E-state index contributed by atoms with van der Waals surface area (Å²) in [6, 6.07) is 11.3. The van der Waals surface area contributed by atoms with Crippen LogP contribution in [-0.2, 0) is 9.53 Å². The number of nitrogens with one attached hydrogen (secondary N) is 1. The van der Waals surface area contributed by atoms with Crippen LogP contribution in [0.4, 0.5) is 0 Å². The first-order chi connectivity index (χ1) is 15.1. The average Bonchev–Trinajstić information content (AvgIpc) is 3.48. The van der Waals surface area contributed by atoms with E-state index >= 15 is 0 Å².